The molecule has 3 nitrogen and oxygen atoms in total. The highest BCUT2D eigenvalue weighted by atomic mass is 35.5. The van der Waals surface area contributed by atoms with E-state index in [2.05, 4.69) is 10.3 Å². The zero-order valence-electron chi connectivity index (χ0n) is 6.58. The smallest absolute Gasteiger partial charge is 0.235 e. The molecule has 0 bridgehead atoms. The van der Waals surface area contributed by atoms with E-state index in [9.17, 15) is 4.79 Å². The summed E-state index contributed by atoms with van der Waals surface area (Å²) in [4.78, 5) is 15.8. The molecule has 0 spiro atoms. The molecule has 0 fully saturated rings. The van der Waals surface area contributed by atoms with Gasteiger partial charge in [-0.1, -0.05) is 0 Å². The number of amides is 1. The number of aromatic nitrogens is 1. The molecule has 12 heavy (non-hydrogen) atoms. The van der Waals surface area contributed by atoms with Crippen LogP contribution < -0.4 is 5.32 Å². The van der Waals surface area contributed by atoms with Crippen LogP contribution in [0.5, 0.6) is 0 Å². The van der Waals surface area contributed by atoms with Gasteiger partial charge in [0.1, 0.15) is 5.88 Å². The maximum absolute atomic E-state index is 10.9. The molecule has 0 radical (unpaired) electrons. The molecule has 0 saturated heterocycles. The van der Waals surface area contributed by atoms with Gasteiger partial charge in [-0.25, -0.2) is 0 Å². The molecule has 66 valence electrons. The standard InChI is InChI=1S/C7H9ClN2OS/c1-5(10-7(11)2-8)6-3-9-4-12-6/h3-5H,2H2,1H3,(H,10,11). The van der Waals surface area contributed by atoms with Crippen molar-refractivity contribution < 1.29 is 4.79 Å². The highest BCUT2D eigenvalue weighted by molar-refractivity contribution is 7.09. The molecule has 0 aliphatic carbocycles. The molecular formula is C7H9ClN2OS. The lowest BCUT2D eigenvalue weighted by Crippen LogP contribution is -2.26. The number of carbonyl (C=O) groups excluding carboxylic acids is 1. The minimum Gasteiger partial charge on any atom is -0.348 e. The lowest BCUT2D eigenvalue weighted by atomic mass is 10.3. The fourth-order valence-electron chi connectivity index (χ4n) is 0.791. The third-order valence-corrected chi connectivity index (χ3v) is 2.58. The minimum absolute atomic E-state index is 0.00312. The average molecular weight is 205 g/mol. The Morgan fingerprint density at radius 2 is 2.67 bits per heavy atom. The van der Waals surface area contributed by atoms with E-state index in [4.69, 9.17) is 11.6 Å². The van der Waals surface area contributed by atoms with Crippen molar-refractivity contribution in [3.8, 4) is 0 Å². The van der Waals surface area contributed by atoms with Gasteiger partial charge in [-0.2, -0.15) is 0 Å². The molecule has 1 unspecified atom stereocenters. The van der Waals surface area contributed by atoms with E-state index in [1.165, 1.54) is 11.3 Å². The number of carbonyl (C=O) groups is 1. The van der Waals surface area contributed by atoms with Crippen molar-refractivity contribution in [1.82, 2.24) is 10.3 Å². The van der Waals surface area contributed by atoms with Gasteiger partial charge in [-0.05, 0) is 6.92 Å². The topological polar surface area (TPSA) is 42.0 Å². The maximum Gasteiger partial charge on any atom is 0.235 e. The third kappa shape index (κ3) is 2.46. The Morgan fingerprint density at radius 3 is 3.17 bits per heavy atom. The zero-order valence-corrected chi connectivity index (χ0v) is 8.15. The Hall–Kier alpha value is -0.610. The minimum atomic E-state index is -0.155. The van der Waals surface area contributed by atoms with Crippen LogP contribution in [-0.4, -0.2) is 16.8 Å². The summed E-state index contributed by atoms with van der Waals surface area (Å²) in [6.07, 6.45) is 1.74. The summed E-state index contributed by atoms with van der Waals surface area (Å²) in [5.74, 6) is -0.152. The van der Waals surface area contributed by atoms with Crippen LogP contribution in [0.2, 0.25) is 0 Å². The SMILES string of the molecule is CC(NC(=O)CCl)c1cncs1. The molecule has 5 heteroatoms. The van der Waals surface area contributed by atoms with E-state index in [-0.39, 0.29) is 17.8 Å². The van der Waals surface area contributed by atoms with Crippen molar-refractivity contribution in [2.45, 2.75) is 13.0 Å². The summed E-state index contributed by atoms with van der Waals surface area (Å²) in [6, 6.07) is 0.00347. The number of hydrogen-bond acceptors (Lipinski definition) is 3. The third-order valence-electron chi connectivity index (χ3n) is 1.38. The van der Waals surface area contributed by atoms with Crippen molar-refractivity contribution in [2.75, 3.05) is 5.88 Å². The first-order valence-electron chi connectivity index (χ1n) is 3.47. The van der Waals surface area contributed by atoms with Gasteiger partial charge in [0, 0.05) is 11.1 Å². The van der Waals surface area contributed by atoms with Gasteiger partial charge >= 0.3 is 0 Å². The summed E-state index contributed by atoms with van der Waals surface area (Å²) >= 11 is 6.85. The van der Waals surface area contributed by atoms with Crippen molar-refractivity contribution in [3.63, 3.8) is 0 Å². The van der Waals surface area contributed by atoms with Gasteiger partial charge in [-0.3, -0.25) is 9.78 Å². The first kappa shape index (κ1) is 9.48. The van der Waals surface area contributed by atoms with E-state index in [0.717, 1.165) is 4.88 Å². The number of rotatable bonds is 3. The van der Waals surface area contributed by atoms with Gasteiger partial charge in [0.15, 0.2) is 0 Å². The lowest BCUT2D eigenvalue weighted by molar-refractivity contribution is -0.119. The summed E-state index contributed by atoms with van der Waals surface area (Å²) in [7, 11) is 0. The number of nitrogens with one attached hydrogen (secondary N) is 1. The first-order valence-corrected chi connectivity index (χ1v) is 4.89. The number of thiazole rings is 1. The van der Waals surface area contributed by atoms with Gasteiger partial charge in [0.2, 0.25) is 5.91 Å². The number of halogens is 1. The zero-order chi connectivity index (χ0) is 8.97. The molecule has 1 aromatic heterocycles. The van der Waals surface area contributed by atoms with Gasteiger partial charge in [0.25, 0.3) is 0 Å². The van der Waals surface area contributed by atoms with Crippen LogP contribution in [0.1, 0.15) is 17.8 Å². The molecule has 1 rings (SSSR count). The normalized spacial score (nSPS) is 12.5. The molecule has 0 aliphatic heterocycles. The quantitative estimate of drug-likeness (QED) is 0.760. The molecule has 0 aliphatic rings. The molecule has 0 saturated carbocycles. The van der Waals surface area contributed by atoms with Crippen LogP contribution in [0.4, 0.5) is 0 Å². The van der Waals surface area contributed by atoms with Crippen LogP contribution >= 0.6 is 22.9 Å². The molecular weight excluding hydrogens is 196 g/mol. The highest BCUT2D eigenvalue weighted by Crippen LogP contribution is 2.15. The van der Waals surface area contributed by atoms with Crippen molar-refractivity contribution in [2.24, 2.45) is 0 Å². The van der Waals surface area contributed by atoms with E-state index < -0.39 is 0 Å². The fourth-order valence-corrected chi connectivity index (χ4v) is 1.50. The highest BCUT2D eigenvalue weighted by Gasteiger charge is 2.08. The summed E-state index contributed by atoms with van der Waals surface area (Å²) in [5.41, 5.74) is 1.73. The summed E-state index contributed by atoms with van der Waals surface area (Å²) in [6.45, 7) is 1.90. The molecule has 1 atom stereocenters. The Labute approximate surface area is 79.8 Å². The Bertz CT molecular complexity index is 250. The van der Waals surface area contributed by atoms with Crippen LogP contribution in [0.15, 0.2) is 11.7 Å². The maximum atomic E-state index is 10.9. The van der Waals surface area contributed by atoms with Gasteiger partial charge in [0.05, 0.1) is 11.6 Å². The second-order valence-corrected chi connectivity index (χ2v) is 3.51. The largest absolute Gasteiger partial charge is 0.348 e. The number of hydrogen-bond donors (Lipinski definition) is 1. The molecule has 1 N–H and O–H groups in total. The second kappa shape index (κ2) is 4.42. The van der Waals surface area contributed by atoms with Crippen molar-refractivity contribution in [1.29, 1.82) is 0 Å². The van der Waals surface area contributed by atoms with Crippen molar-refractivity contribution in [3.05, 3.63) is 16.6 Å². The molecule has 1 amide bonds. The van der Waals surface area contributed by atoms with E-state index in [1.807, 2.05) is 6.92 Å². The van der Waals surface area contributed by atoms with Gasteiger partial charge < -0.3 is 5.32 Å². The van der Waals surface area contributed by atoms with Gasteiger partial charge in [-0.15, -0.1) is 22.9 Å². The van der Waals surface area contributed by atoms with E-state index >= 15 is 0 Å². The monoisotopic (exact) mass is 204 g/mol. The predicted octanol–water partition coefficient (Wildman–Crippen LogP) is 1.56. The van der Waals surface area contributed by atoms with Crippen LogP contribution in [0, 0.1) is 0 Å². The second-order valence-electron chi connectivity index (χ2n) is 2.33. The molecule has 1 heterocycles. The lowest BCUT2D eigenvalue weighted by Gasteiger charge is -2.09. The number of nitrogens with zero attached hydrogens (tertiary/aromatic N) is 1. The molecule has 1 aromatic rings. The van der Waals surface area contributed by atoms with Crippen molar-refractivity contribution >= 4 is 28.8 Å². The van der Waals surface area contributed by atoms with Crippen LogP contribution in [-0.2, 0) is 4.79 Å². The Morgan fingerprint density at radius 1 is 1.92 bits per heavy atom. The van der Waals surface area contributed by atoms with E-state index in [1.54, 1.807) is 11.7 Å². The molecule has 0 aromatic carbocycles. The van der Waals surface area contributed by atoms with Crippen LogP contribution in [0.3, 0.4) is 0 Å². The summed E-state index contributed by atoms with van der Waals surface area (Å²) < 4.78 is 0. The predicted molar refractivity (Wildman–Crippen MR) is 49.4 cm³/mol. The number of alkyl halides is 1. The fraction of sp³-hybridized carbons (Fsp3) is 0.429. The van der Waals surface area contributed by atoms with E-state index in [0.29, 0.717) is 0 Å². The Balaban J connectivity index is 2.49. The summed E-state index contributed by atoms with van der Waals surface area (Å²) in [5, 5.41) is 2.73. The first-order chi connectivity index (χ1) is 5.74. The van der Waals surface area contributed by atoms with Crippen LogP contribution in [0.25, 0.3) is 0 Å². The average Bonchev–Trinajstić information content (AvgIpc) is 2.56. The Kier molecular flexibility index (Phi) is 3.49.